The fraction of sp³-hybridized carbons (Fsp3) is 0.350. The Morgan fingerprint density at radius 1 is 1.16 bits per heavy atom. The molecule has 0 spiro atoms. The predicted molar refractivity (Wildman–Crippen MR) is 99.7 cm³/mol. The van der Waals surface area contributed by atoms with Gasteiger partial charge in [-0.25, -0.2) is 0 Å². The van der Waals surface area contributed by atoms with Gasteiger partial charge >= 0.3 is 0 Å². The highest BCUT2D eigenvalue weighted by Gasteiger charge is 2.20. The third-order valence-electron chi connectivity index (χ3n) is 4.50. The first kappa shape index (κ1) is 17.8. The number of likely N-dealkylation sites (tertiary alicyclic amines) is 1. The number of carbonyl (C=O) groups excluding carboxylic acids is 1. The lowest BCUT2D eigenvalue weighted by molar-refractivity contribution is -0.131. The molecule has 25 heavy (non-hydrogen) atoms. The molecule has 0 unspecified atom stereocenters. The van der Waals surface area contributed by atoms with Crippen molar-refractivity contribution < 1.29 is 9.53 Å². The minimum absolute atomic E-state index is 0.148. The minimum Gasteiger partial charge on any atom is -0.489 e. The number of halogens is 1. The van der Waals surface area contributed by atoms with Crippen molar-refractivity contribution in [2.24, 2.45) is 5.73 Å². The Morgan fingerprint density at radius 3 is 2.68 bits per heavy atom. The molecule has 132 valence electrons. The van der Waals surface area contributed by atoms with Crippen LogP contribution in [0.4, 0.5) is 0 Å². The van der Waals surface area contributed by atoms with Crippen LogP contribution in [0.15, 0.2) is 48.5 Å². The van der Waals surface area contributed by atoms with Gasteiger partial charge in [0, 0.05) is 29.7 Å². The Kier molecular flexibility index (Phi) is 5.95. The van der Waals surface area contributed by atoms with Crippen molar-refractivity contribution >= 4 is 17.5 Å². The number of nitrogens with zero attached hydrogens (tertiary/aromatic N) is 1. The van der Waals surface area contributed by atoms with Crippen LogP contribution in [-0.2, 0) is 17.8 Å². The molecule has 2 aromatic rings. The van der Waals surface area contributed by atoms with Crippen molar-refractivity contribution in [3.05, 3.63) is 64.7 Å². The van der Waals surface area contributed by atoms with Crippen LogP contribution in [-0.4, -0.2) is 29.9 Å². The van der Waals surface area contributed by atoms with E-state index in [4.69, 9.17) is 22.1 Å². The Labute approximate surface area is 153 Å². The number of benzene rings is 2. The molecule has 1 aliphatic rings. The topological polar surface area (TPSA) is 55.6 Å². The van der Waals surface area contributed by atoms with E-state index in [1.165, 1.54) is 0 Å². The molecule has 2 aromatic carbocycles. The molecular weight excluding hydrogens is 336 g/mol. The summed E-state index contributed by atoms with van der Waals surface area (Å²) in [4.78, 5) is 14.3. The van der Waals surface area contributed by atoms with E-state index in [9.17, 15) is 4.79 Å². The number of rotatable bonds is 5. The zero-order chi connectivity index (χ0) is 17.6. The van der Waals surface area contributed by atoms with E-state index in [1.807, 2.05) is 53.4 Å². The zero-order valence-corrected chi connectivity index (χ0v) is 14.9. The highest BCUT2D eigenvalue weighted by molar-refractivity contribution is 6.31. The fourth-order valence-electron chi connectivity index (χ4n) is 2.96. The molecule has 3 rings (SSSR count). The van der Waals surface area contributed by atoms with Crippen LogP contribution in [0, 0.1) is 0 Å². The number of amides is 1. The number of ether oxygens (including phenoxy) is 1. The van der Waals surface area contributed by atoms with Crippen molar-refractivity contribution in [1.82, 2.24) is 4.90 Å². The molecule has 1 amide bonds. The van der Waals surface area contributed by atoms with Gasteiger partial charge in [-0.1, -0.05) is 41.9 Å². The molecule has 1 heterocycles. The molecule has 0 atom stereocenters. The van der Waals surface area contributed by atoms with Gasteiger partial charge in [-0.05, 0) is 36.6 Å². The molecule has 2 N–H and O–H groups in total. The first-order chi connectivity index (χ1) is 12.1. The third-order valence-corrected chi connectivity index (χ3v) is 4.87. The van der Waals surface area contributed by atoms with Crippen molar-refractivity contribution in [2.75, 3.05) is 13.1 Å². The molecule has 0 saturated carbocycles. The van der Waals surface area contributed by atoms with Gasteiger partial charge in [-0.15, -0.1) is 0 Å². The summed E-state index contributed by atoms with van der Waals surface area (Å²) in [7, 11) is 0. The van der Waals surface area contributed by atoms with Gasteiger partial charge in [0.05, 0.1) is 6.42 Å². The Bertz CT molecular complexity index is 727. The van der Waals surface area contributed by atoms with E-state index in [1.54, 1.807) is 0 Å². The van der Waals surface area contributed by atoms with Gasteiger partial charge in [0.25, 0.3) is 0 Å². The first-order valence-corrected chi connectivity index (χ1v) is 8.98. The standard InChI is InChI=1S/C20H23ClN2O2/c21-19-7-2-1-5-16(19)14-25-18-6-3-4-15(12-18)13-20(24)23-10-8-17(22)9-11-23/h1-7,12,17H,8-11,13-14,22H2. The van der Waals surface area contributed by atoms with Gasteiger partial charge in [-0.3, -0.25) is 4.79 Å². The molecule has 1 aliphatic heterocycles. The molecule has 0 radical (unpaired) electrons. The van der Waals surface area contributed by atoms with Crippen LogP contribution in [0.5, 0.6) is 5.75 Å². The highest BCUT2D eigenvalue weighted by atomic mass is 35.5. The van der Waals surface area contributed by atoms with Crippen LogP contribution in [0.25, 0.3) is 0 Å². The summed E-state index contributed by atoms with van der Waals surface area (Å²) in [5.41, 5.74) is 7.79. The number of nitrogens with two attached hydrogens (primary N) is 1. The van der Waals surface area contributed by atoms with Crippen LogP contribution >= 0.6 is 11.6 Å². The van der Waals surface area contributed by atoms with Crippen molar-refractivity contribution in [3.63, 3.8) is 0 Å². The maximum Gasteiger partial charge on any atom is 0.226 e. The SMILES string of the molecule is NC1CCN(C(=O)Cc2cccc(OCc3ccccc3Cl)c2)CC1. The third kappa shape index (κ3) is 4.97. The van der Waals surface area contributed by atoms with Gasteiger partial charge < -0.3 is 15.4 Å². The normalized spacial score (nSPS) is 15.2. The number of hydrogen-bond acceptors (Lipinski definition) is 3. The van der Waals surface area contributed by atoms with E-state index in [-0.39, 0.29) is 11.9 Å². The summed E-state index contributed by atoms with van der Waals surface area (Å²) in [6.07, 6.45) is 2.15. The number of piperidine rings is 1. The molecule has 0 aliphatic carbocycles. The summed E-state index contributed by atoms with van der Waals surface area (Å²) in [6, 6.07) is 15.5. The highest BCUT2D eigenvalue weighted by Crippen LogP contribution is 2.20. The molecule has 0 bridgehead atoms. The second kappa shape index (κ2) is 8.37. The largest absolute Gasteiger partial charge is 0.489 e. The maximum absolute atomic E-state index is 12.4. The van der Waals surface area contributed by atoms with Crippen LogP contribution in [0.1, 0.15) is 24.0 Å². The van der Waals surface area contributed by atoms with Gasteiger partial charge in [0.1, 0.15) is 12.4 Å². The maximum atomic E-state index is 12.4. The second-order valence-electron chi connectivity index (χ2n) is 6.42. The monoisotopic (exact) mass is 358 g/mol. The second-order valence-corrected chi connectivity index (χ2v) is 6.83. The summed E-state index contributed by atoms with van der Waals surface area (Å²) in [5, 5.41) is 0.692. The number of hydrogen-bond donors (Lipinski definition) is 1. The van der Waals surface area contributed by atoms with Crippen molar-refractivity contribution in [1.29, 1.82) is 0 Å². The summed E-state index contributed by atoms with van der Waals surface area (Å²) < 4.78 is 5.83. The van der Waals surface area contributed by atoms with E-state index in [0.29, 0.717) is 18.1 Å². The molecule has 4 nitrogen and oxygen atoms in total. The van der Waals surface area contributed by atoms with E-state index in [0.717, 1.165) is 42.8 Å². The van der Waals surface area contributed by atoms with Crippen molar-refractivity contribution in [3.8, 4) is 5.75 Å². The minimum atomic E-state index is 0.148. The summed E-state index contributed by atoms with van der Waals surface area (Å²) >= 11 is 6.15. The Balaban J connectivity index is 1.58. The van der Waals surface area contributed by atoms with E-state index >= 15 is 0 Å². The van der Waals surface area contributed by atoms with Gasteiger partial charge in [-0.2, -0.15) is 0 Å². The van der Waals surface area contributed by atoms with Crippen LogP contribution in [0.2, 0.25) is 5.02 Å². The van der Waals surface area contributed by atoms with E-state index < -0.39 is 0 Å². The zero-order valence-electron chi connectivity index (χ0n) is 14.2. The molecular formula is C20H23ClN2O2. The Hall–Kier alpha value is -2.04. The molecule has 5 heteroatoms. The van der Waals surface area contributed by atoms with Crippen molar-refractivity contribution in [2.45, 2.75) is 31.9 Å². The molecule has 0 aromatic heterocycles. The average Bonchev–Trinajstić information content (AvgIpc) is 2.62. The Morgan fingerprint density at radius 2 is 1.92 bits per heavy atom. The fourth-order valence-corrected chi connectivity index (χ4v) is 3.15. The van der Waals surface area contributed by atoms with Crippen LogP contribution in [0.3, 0.4) is 0 Å². The average molecular weight is 359 g/mol. The smallest absolute Gasteiger partial charge is 0.226 e. The lowest BCUT2D eigenvalue weighted by Crippen LogP contribution is -2.43. The predicted octanol–water partition coefficient (Wildman–Crippen LogP) is 3.41. The summed E-state index contributed by atoms with van der Waals surface area (Å²) in [5.74, 6) is 0.890. The lowest BCUT2D eigenvalue weighted by atomic mass is 10.0. The van der Waals surface area contributed by atoms with Crippen LogP contribution < -0.4 is 10.5 Å². The van der Waals surface area contributed by atoms with Gasteiger partial charge in [0.15, 0.2) is 0 Å². The molecule has 1 saturated heterocycles. The summed E-state index contributed by atoms with van der Waals surface area (Å²) in [6.45, 7) is 1.91. The quantitative estimate of drug-likeness (QED) is 0.891. The molecule has 1 fully saturated rings. The lowest BCUT2D eigenvalue weighted by Gasteiger charge is -2.30. The number of carbonyl (C=O) groups is 1. The first-order valence-electron chi connectivity index (χ1n) is 8.60. The van der Waals surface area contributed by atoms with Gasteiger partial charge in [0.2, 0.25) is 5.91 Å². The van der Waals surface area contributed by atoms with E-state index in [2.05, 4.69) is 0 Å².